The van der Waals surface area contributed by atoms with E-state index in [1.807, 2.05) is 18.2 Å². The van der Waals surface area contributed by atoms with E-state index in [1.165, 1.54) is 12.8 Å². The summed E-state index contributed by atoms with van der Waals surface area (Å²) in [5.41, 5.74) is 6.50. The molecule has 0 bridgehead atoms. The lowest BCUT2D eigenvalue weighted by atomic mass is 10.2. The summed E-state index contributed by atoms with van der Waals surface area (Å²) in [6, 6.07) is 5.84. The van der Waals surface area contributed by atoms with E-state index in [1.54, 1.807) is 0 Å². The predicted molar refractivity (Wildman–Crippen MR) is 68.6 cm³/mol. The Morgan fingerprint density at radius 3 is 2.86 bits per heavy atom. The molecule has 0 atom stereocenters. The molecule has 0 saturated heterocycles. The molecule has 0 aliphatic rings. The second-order valence-corrected chi connectivity index (χ2v) is 4.48. The Labute approximate surface area is 99.0 Å². The molecule has 0 fully saturated rings. The third-order valence-corrected chi connectivity index (χ3v) is 2.65. The van der Waals surface area contributed by atoms with Gasteiger partial charge in [-0.3, -0.25) is 0 Å². The molecule has 3 heteroatoms. The van der Waals surface area contributed by atoms with Crippen molar-refractivity contribution < 1.29 is 4.74 Å². The molecule has 0 amide bonds. The molecule has 0 heterocycles. The predicted octanol–water partition coefficient (Wildman–Crippen LogP) is 3.44. The van der Waals surface area contributed by atoms with Crippen molar-refractivity contribution in [2.75, 3.05) is 12.3 Å². The zero-order chi connectivity index (χ0) is 10.4. The van der Waals surface area contributed by atoms with E-state index in [0.717, 1.165) is 28.0 Å². The van der Waals surface area contributed by atoms with Gasteiger partial charge in [-0.25, -0.2) is 0 Å². The third kappa shape index (κ3) is 3.74. The molecule has 0 aliphatic carbocycles. The molecule has 1 aromatic rings. The van der Waals surface area contributed by atoms with Crippen molar-refractivity contribution in [3.8, 4) is 5.75 Å². The maximum atomic E-state index is 5.78. The van der Waals surface area contributed by atoms with E-state index in [9.17, 15) is 0 Å². The van der Waals surface area contributed by atoms with E-state index >= 15 is 0 Å². The van der Waals surface area contributed by atoms with Gasteiger partial charge in [0, 0.05) is 3.57 Å². The quantitative estimate of drug-likeness (QED) is 0.514. The summed E-state index contributed by atoms with van der Waals surface area (Å²) < 4.78 is 6.74. The Morgan fingerprint density at radius 2 is 2.14 bits per heavy atom. The monoisotopic (exact) mass is 305 g/mol. The number of benzene rings is 1. The normalized spacial score (nSPS) is 10.1. The van der Waals surface area contributed by atoms with Crippen LogP contribution < -0.4 is 10.5 Å². The first-order chi connectivity index (χ1) is 6.74. The van der Waals surface area contributed by atoms with Gasteiger partial charge in [-0.05, 0) is 47.2 Å². The Balaban J connectivity index is 2.45. The summed E-state index contributed by atoms with van der Waals surface area (Å²) >= 11 is 2.25. The summed E-state index contributed by atoms with van der Waals surface area (Å²) in [6.45, 7) is 2.94. The zero-order valence-electron chi connectivity index (χ0n) is 8.42. The molecule has 1 aromatic carbocycles. The molecule has 1 rings (SSSR count). The van der Waals surface area contributed by atoms with Gasteiger partial charge in [-0.1, -0.05) is 19.8 Å². The van der Waals surface area contributed by atoms with Gasteiger partial charge in [0.1, 0.15) is 5.75 Å². The highest BCUT2D eigenvalue weighted by Gasteiger charge is 2.00. The minimum atomic E-state index is 0.724. The van der Waals surface area contributed by atoms with Gasteiger partial charge in [-0.15, -0.1) is 0 Å². The van der Waals surface area contributed by atoms with Crippen LogP contribution in [0.1, 0.15) is 26.2 Å². The topological polar surface area (TPSA) is 35.2 Å². The second kappa shape index (κ2) is 6.11. The van der Waals surface area contributed by atoms with Crippen LogP contribution in [0.4, 0.5) is 5.69 Å². The number of hydrogen-bond donors (Lipinski definition) is 1. The first-order valence-corrected chi connectivity index (χ1v) is 5.99. The van der Waals surface area contributed by atoms with Crippen molar-refractivity contribution >= 4 is 28.3 Å². The van der Waals surface area contributed by atoms with Crippen LogP contribution in [0.25, 0.3) is 0 Å². The van der Waals surface area contributed by atoms with E-state index in [2.05, 4.69) is 29.5 Å². The fourth-order valence-electron chi connectivity index (χ4n) is 1.17. The number of unbranched alkanes of at least 4 members (excludes halogenated alkanes) is 2. The largest absolute Gasteiger partial charge is 0.491 e. The summed E-state index contributed by atoms with van der Waals surface area (Å²) in [7, 11) is 0. The number of ether oxygens (including phenoxy) is 1. The molecule has 14 heavy (non-hydrogen) atoms. The van der Waals surface area contributed by atoms with Crippen LogP contribution in [0.5, 0.6) is 5.75 Å². The van der Waals surface area contributed by atoms with Gasteiger partial charge >= 0.3 is 0 Å². The standard InChI is InChI=1S/C11H16INO/c1-2-3-4-7-14-11-8-9(12)5-6-10(11)13/h5-6,8H,2-4,7,13H2,1H3. The van der Waals surface area contributed by atoms with Gasteiger partial charge in [0.25, 0.3) is 0 Å². The highest BCUT2D eigenvalue weighted by Crippen LogP contribution is 2.23. The number of nitrogen functional groups attached to an aromatic ring is 1. The minimum Gasteiger partial charge on any atom is -0.491 e. The summed E-state index contributed by atoms with van der Waals surface area (Å²) in [4.78, 5) is 0. The van der Waals surface area contributed by atoms with Crippen LogP contribution in [0.2, 0.25) is 0 Å². The van der Waals surface area contributed by atoms with Gasteiger partial charge in [0.15, 0.2) is 0 Å². The Kier molecular flexibility index (Phi) is 5.07. The smallest absolute Gasteiger partial charge is 0.143 e. The molecule has 0 spiro atoms. The van der Waals surface area contributed by atoms with Gasteiger partial charge in [0.05, 0.1) is 12.3 Å². The van der Waals surface area contributed by atoms with Gasteiger partial charge in [-0.2, -0.15) is 0 Å². The van der Waals surface area contributed by atoms with Crippen LogP contribution in [0.15, 0.2) is 18.2 Å². The molecular weight excluding hydrogens is 289 g/mol. The van der Waals surface area contributed by atoms with E-state index in [0.29, 0.717) is 0 Å². The van der Waals surface area contributed by atoms with Crippen molar-refractivity contribution in [1.29, 1.82) is 0 Å². The average molecular weight is 305 g/mol. The molecule has 78 valence electrons. The Hall–Kier alpha value is -0.450. The lowest BCUT2D eigenvalue weighted by molar-refractivity contribution is 0.307. The average Bonchev–Trinajstić information content (AvgIpc) is 2.18. The summed E-state index contributed by atoms with van der Waals surface area (Å²) in [6.07, 6.45) is 3.52. The Morgan fingerprint density at radius 1 is 1.36 bits per heavy atom. The molecule has 0 aliphatic heterocycles. The van der Waals surface area contributed by atoms with E-state index in [4.69, 9.17) is 10.5 Å². The van der Waals surface area contributed by atoms with Crippen molar-refractivity contribution in [2.45, 2.75) is 26.2 Å². The van der Waals surface area contributed by atoms with Crippen molar-refractivity contribution in [2.24, 2.45) is 0 Å². The number of rotatable bonds is 5. The number of halogens is 1. The summed E-state index contributed by atoms with van der Waals surface area (Å²) in [5, 5.41) is 0. The second-order valence-electron chi connectivity index (χ2n) is 3.24. The molecule has 2 nitrogen and oxygen atoms in total. The lowest BCUT2D eigenvalue weighted by Crippen LogP contribution is -2.00. The highest BCUT2D eigenvalue weighted by molar-refractivity contribution is 14.1. The zero-order valence-corrected chi connectivity index (χ0v) is 10.6. The number of hydrogen-bond acceptors (Lipinski definition) is 2. The van der Waals surface area contributed by atoms with Crippen LogP contribution >= 0.6 is 22.6 Å². The maximum Gasteiger partial charge on any atom is 0.143 e. The molecular formula is C11H16INO. The van der Waals surface area contributed by atoms with Crippen molar-refractivity contribution in [3.63, 3.8) is 0 Å². The number of anilines is 1. The molecule has 0 aromatic heterocycles. The minimum absolute atomic E-state index is 0.724. The first-order valence-electron chi connectivity index (χ1n) is 4.92. The fourth-order valence-corrected chi connectivity index (χ4v) is 1.63. The molecule has 0 saturated carbocycles. The highest BCUT2D eigenvalue weighted by atomic mass is 127. The van der Waals surface area contributed by atoms with Crippen LogP contribution in [-0.4, -0.2) is 6.61 Å². The first kappa shape index (κ1) is 11.6. The molecule has 2 N–H and O–H groups in total. The summed E-state index contributed by atoms with van der Waals surface area (Å²) in [5.74, 6) is 0.813. The van der Waals surface area contributed by atoms with Crippen LogP contribution in [-0.2, 0) is 0 Å². The van der Waals surface area contributed by atoms with Gasteiger partial charge in [0.2, 0.25) is 0 Å². The molecule has 0 unspecified atom stereocenters. The fraction of sp³-hybridized carbons (Fsp3) is 0.455. The van der Waals surface area contributed by atoms with Gasteiger partial charge < -0.3 is 10.5 Å². The lowest BCUT2D eigenvalue weighted by Gasteiger charge is -2.08. The Bertz CT molecular complexity index is 289. The third-order valence-electron chi connectivity index (χ3n) is 1.98. The van der Waals surface area contributed by atoms with Crippen molar-refractivity contribution in [1.82, 2.24) is 0 Å². The SMILES string of the molecule is CCCCCOc1cc(I)ccc1N. The number of nitrogens with two attached hydrogens (primary N) is 1. The van der Waals surface area contributed by atoms with E-state index < -0.39 is 0 Å². The van der Waals surface area contributed by atoms with Crippen LogP contribution in [0, 0.1) is 3.57 Å². The van der Waals surface area contributed by atoms with E-state index in [-0.39, 0.29) is 0 Å². The maximum absolute atomic E-state index is 5.78. The molecule has 0 radical (unpaired) electrons. The van der Waals surface area contributed by atoms with Crippen LogP contribution in [0.3, 0.4) is 0 Å². The van der Waals surface area contributed by atoms with Crippen molar-refractivity contribution in [3.05, 3.63) is 21.8 Å².